The molecule has 0 unspecified atom stereocenters. The average molecular weight is 385 g/mol. The highest BCUT2D eigenvalue weighted by atomic mass is 16.6. The molecule has 2 aromatic carbocycles. The summed E-state index contributed by atoms with van der Waals surface area (Å²) >= 11 is 0. The monoisotopic (exact) mass is 385 g/mol. The minimum atomic E-state index is -1.10. The zero-order valence-electron chi connectivity index (χ0n) is 15.9. The fraction of sp³-hybridized carbons (Fsp3) is 0.238. The number of anilines is 1. The number of carboxylic acids is 1. The Morgan fingerprint density at radius 2 is 1.82 bits per heavy atom. The van der Waals surface area contributed by atoms with Crippen LogP contribution in [0.5, 0.6) is 11.5 Å². The number of carbonyl (C=O) groups excluding carboxylic acids is 1. The van der Waals surface area contributed by atoms with Crippen molar-refractivity contribution in [2.24, 2.45) is 5.92 Å². The van der Waals surface area contributed by atoms with Gasteiger partial charge in [0.05, 0.1) is 7.11 Å². The summed E-state index contributed by atoms with van der Waals surface area (Å²) < 4.78 is 10.6. The predicted molar refractivity (Wildman–Crippen MR) is 105 cm³/mol. The maximum Gasteiger partial charge on any atom is 0.412 e. The lowest BCUT2D eigenvalue weighted by atomic mass is 9.96. The van der Waals surface area contributed by atoms with Crippen LogP contribution in [-0.2, 0) is 9.53 Å². The van der Waals surface area contributed by atoms with Gasteiger partial charge in [-0.1, -0.05) is 36.8 Å². The van der Waals surface area contributed by atoms with E-state index in [1.165, 1.54) is 19.3 Å². The first-order chi connectivity index (χ1) is 13.3. The van der Waals surface area contributed by atoms with Crippen molar-refractivity contribution < 1.29 is 29.3 Å². The first-order valence-corrected chi connectivity index (χ1v) is 8.62. The van der Waals surface area contributed by atoms with Gasteiger partial charge in [0, 0.05) is 17.7 Å². The molecule has 2 atom stereocenters. The fourth-order valence-corrected chi connectivity index (χ4v) is 2.60. The summed E-state index contributed by atoms with van der Waals surface area (Å²) in [4.78, 5) is 23.2. The van der Waals surface area contributed by atoms with E-state index in [4.69, 9.17) is 14.6 Å². The van der Waals surface area contributed by atoms with Crippen molar-refractivity contribution in [3.63, 3.8) is 0 Å². The number of carboxylic acid groups (broad SMARTS) is 1. The van der Waals surface area contributed by atoms with Crippen LogP contribution in [-0.4, -0.2) is 29.4 Å². The smallest absolute Gasteiger partial charge is 0.412 e. The number of benzene rings is 2. The molecule has 3 N–H and O–H groups in total. The van der Waals surface area contributed by atoms with E-state index in [0.717, 1.165) is 11.6 Å². The third kappa shape index (κ3) is 5.77. The Morgan fingerprint density at radius 1 is 1.14 bits per heavy atom. The van der Waals surface area contributed by atoms with Crippen LogP contribution in [0.4, 0.5) is 10.5 Å². The molecule has 148 valence electrons. The highest BCUT2D eigenvalue weighted by Crippen LogP contribution is 2.34. The van der Waals surface area contributed by atoms with Crippen molar-refractivity contribution in [2.75, 3.05) is 12.4 Å². The average Bonchev–Trinajstić information content (AvgIpc) is 2.66. The molecule has 2 rings (SSSR count). The van der Waals surface area contributed by atoms with Gasteiger partial charge in [-0.15, -0.1) is 0 Å². The zero-order chi connectivity index (χ0) is 20.7. The number of methoxy groups -OCH3 is 1. The second kappa shape index (κ2) is 9.45. The molecule has 28 heavy (non-hydrogen) atoms. The minimum Gasteiger partial charge on any atom is -0.504 e. The van der Waals surface area contributed by atoms with Gasteiger partial charge < -0.3 is 19.7 Å². The van der Waals surface area contributed by atoms with Crippen molar-refractivity contribution in [2.45, 2.75) is 20.0 Å². The minimum absolute atomic E-state index is 0.109. The molecule has 0 saturated carbocycles. The molecule has 7 nitrogen and oxygen atoms in total. The number of hydrogen-bond donors (Lipinski definition) is 3. The number of nitrogens with one attached hydrogen (secondary N) is 1. The standard InChI is InChI=1S/C21H23NO6/c1-13-4-8-16(9-5-13)22-21(26)28-20(14(2)6-11-19(24)25)15-7-10-18(27-3)17(23)12-15/h4-12,14,20,23H,1-3H3,(H,22,26)(H,24,25)/b11-6+/t14-,20-/m0/s1. The Labute approximate surface area is 163 Å². The number of amides is 1. The summed E-state index contributed by atoms with van der Waals surface area (Å²) in [6, 6.07) is 11.8. The summed E-state index contributed by atoms with van der Waals surface area (Å²) in [5, 5.41) is 21.5. The van der Waals surface area contributed by atoms with Crippen LogP contribution in [0.1, 0.15) is 24.2 Å². The van der Waals surface area contributed by atoms with E-state index in [-0.39, 0.29) is 11.5 Å². The van der Waals surface area contributed by atoms with E-state index in [9.17, 15) is 14.7 Å². The molecule has 2 aromatic rings. The molecule has 0 bridgehead atoms. The Kier molecular flexibility index (Phi) is 7.03. The topological polar surface area (TPSA) is 105 Å². The third-order valence-electron chi connectivity index (χ3n) is 4.08. The number of hydrogen-bond acceptors (Lipinski definition) is 5. The summed E-state index contributed by atoms with van der Waals surface area (Å²) in [6.45, 7) is 3.65. The largest absolute Gasteiger partial charge is 0.504 e. The van der Waals surface area contributed by atoms with Crippen LogP contribution < -0.4 is 10.1 Å². The molecule has 0 fully saturated rings. The van der Waals surface area contributed by atoms with E-state index in [1.807, 2.05) is 19.1 Å². The van der Waals surface area contributed by atoms with Gasteiger partial charge in [0.25, 0.3) is 0 Å². The molecule has 0 aromatic heterocycles. The second-order valence-electron chi connectivity index (χ2n) is 6.30. The second-order valence-corrected chi connectivity index (χ2v) is 6.30. The van der Waals surface area contributed by atoms with Crippen LogP contribution in [0.2, 0.25) is 0 Å². The lowest BCUT2D eigenvalue weighted by Gasteiger charge is -2.23. The number of ether oxygens (including phenoxy) is 2. The van der Waals surface area contributed by atoms with Crippen molar-refractivity contribution in [1.82, 2.24) is 0 Å². The predicted octanol–water partition coefficient (Wildman–Crippen LogP) is 4.28. The number of phenolic OH excluding ortho intramolecular Hbond substituents is 1. The van der Waals surface area contributed by atoms with E-state index >= 15 is 0 Å². The number of aromatic hydroxyl groups is 1. The first-order valence-electron chi connectivity index (χ1n) is 8.62. The molecular weight excluding hydrogens is 362 g/mol. The van der Waals surface area contributed by atoms with Crippen molar-refractivity contribution in [3.05, 3.63) is 65.7 Å². The van der Waals surface area contributed by atoms with Gasteiger partial charge in [-0.05, 0) is 36.8 Å². The lowest BCUT2D eigenvalue weighted by Crippen LogP contribution is -2.21. The van der Waals surface area contributed by atoms with Crippen LogP contribution >= 0.6 is 0 Å². The summed E-state index contributed by atoms with van der Waals surface area (Å²) in [5.41, 5.74) is 2.12. The van der Waals surface area contributed by atoms with E-state index in [0.29, 0.717) is 11.3 Å². The van der Waals surface area contributed by atoms with Crippen LogP contribution in [0.25, 0.3) is 0 Å². The van der Waals surface area contributed by atoms with Gasteiger partial charge in [-0.3, -0.25) is 5.32 Å². The number of aliphatic carboxylic acids is 1. The molecule has 7 heteroatoms. The Balaban J connectivity index is 2.24. The number of phenols is 1. The maximum atomic E-state index is 12.4. The Hall–Kier alpha value is -3.48. The van der Waals surface area contributed by atoms with Crippen LogP contribution in [0, 0.1) is 12.8 Å². The van der Waals surface area contributed by atoms with Crippen LogP contribution in [0.15, 0.2) is 54.6 Å². The maximum absolute atomic E-state index is 12.4. The van der Waals surface area contributed by atoms with Gasteiger partial charge in [0.2, 0.25) is 0 Å². The third-order valence-corrected chi connectivity index (χ3v) is 4.08. The molecule has 0 aliphatic carbocycles. The van der Waals surface area contributed by atoms with Crippen molar-refractivity contribution in [1.29, 1.82) is 0 Å². The lowest BCUT2D eigenvalue weighted by molar-refractivity contribution is -0.131. The molecule has 0 aliphatic rings. The normalized spacial score (nSPS) is 13.0. The molecule has 1 amide bonds. The first kappa shape index (κ1) is 20.8. The Morgan fingerprint density at radius 3 is 2.39 bits per heavy atom. The highest BCUT2D eigenvalue weighted by molar-refractivity contribution is 5.84. The zero-order valence-corrected chi connectivity index (χ0v) is 15.9. The van der Waals surface area contributed by atoms with E-state index < -0.39 is 24.1 Å². The molecule has 0 aliphatic heterocycles. The quantitative estimate of drug-likeness (QED) is 0.615. The summed E-state index contributed by atoms with van der Waals surface area (Å²) in [6.07, 6.45) is 0.896. The summed E-state index contributed by atoms with van der Waals surface area (Å²) in [5.74, 6) is -1.40. The summed E-state index contributed by atoms with van der Waals surface area (Å²) in [7, 11) is 1.43. The SMILES string of the molecule is COc1ccc([C@@H](OC(=O)Nc2ccc(C)cc2)[C@@H](C)/C=C/C(=O)O)cc1O. The molecule has 0 heterocycles. The van der Waals surface area contributed by atoms with E-state index in [1.54, 1.807) is 31.2 Å². The number of aryl methyl sites for hydroxylation is 1. The van der Waals surface area contributed by atoms with Crippen molar-refractivity contribution >= 4 is 17.7 Å². The van der Waals surface area contributed by atoms with Gasteiger partial charge in [0.15, 0.2) is 11.5 Å². The van der Waals surface area contributed by atoms with Gasteiger partial charge in [0.1, 0.15) is 6.10 Å². The molecular formula is C21H23NO6. The van der Waals surface area contributed by atoms with Gasteiger partial charge >= 0.3 is 12.1 Å². The van der Waals surface area contributed by atoms with Gasteiger partial charge in [-0.25, -0.2) is 9.59 Å². The highest BCUT2D eigenvalue weighted by Gasteiger charge is 2.23. The fourth-order valence-electron chi connectivity index (χ4n) is 2.60. The Bertz CT molecular complexity index is 860. The number of rotatable bonds is 7. The van der Waals surface area contributed by atoms with Gasteiger partial charge in [-0.2, -0.15) is 0 Å². The van der Waals surface area contributed by atoms with E-state index in [2.05, 4.69) is 5.32 Å². The van der Waals surface area contributed by atoms with Crippen LogP contribution in [0.3, 0.4) is 0 Å². The van der Waals surface area contributed by atoms with Crippen molar-refractivity contribution in [3.8, 4) is 11.5 Å². The molecule has 0 radical (unpaired) electrons. The molecule has 0 saturated heterocycles. The molecule has 0 spiro atoms. The number of carbonyl (C=O) groups is 2.